The average molecular weight is 249 g/mol. The number of hydrogen-bond acceptors (Lipinski definition) is 5. The van der Waals surface area contributed by atoms with Crippen LogP contribution in [0.15, 0.2) is 18.2 Å². The maximum atomic E-state index is 11.6. The first-order chi connectivity index (χ1) is 8.76. The van der Waals surface area contributed by atoms with Gasteiger partial charge in [-0.15, -0.1) is 0 Å². The third kappa shape index (κ3) is 2.48. The van der Waals surface area contributed by atoms with Gasteiger partial charge in [0.15, 0.2) is 17.2 Å². The van der Waals surface area contributed by atoms with Crippen molar-refractivity contribution in [1.82, 2.24) is 14.6 Å². The summed E-state index contributed by atoms with van der Waals surface area (Å²) in [5, 5.41) is 4.30. The Morgan fingerprint density at radius 3 is 2.94 bits per heavy atom. The molecule has 0 spiro atoms. The van der Waals surface area contributed by atoms with Crippen LogP contribution in [0.5, 0.6) is 0 Å². The molecule has 2 rings (SSSR count). The van der Waals surface area contributed by atoms with Gasteiger partial charge in [0, 0.05) is 20.1 Å². The average Bonchev–Trinajstić information content (AvgIpc) is 2.80. The van der Waals surface area contributed by atoms with Crippen LogP contribution in [0, 0.1) is 0 Å². The van der Waals surface area contributed by atoms with E-state index in [2.05, 4.69) is 10.1 Å². The first-order valence-electron chi connectivity index (χ1n) is 5.68. The largest absolute Gasteiger partial charge is 0.464 e. The van der Waals surface area contributed by atoms with Gasteiger partial charge >= 0.3 is 5.97 Å². The maximum Gasteiger partial charge on any atom is 0.356 e. The van der Waals surface area contributed by atoms with E-state index in [0.717, 1.165) is 12.8 Å². The Kier molecular flexibility index (Phi) is 3.88. The Hall–Kier alpha value is -1.95. The van der Waals surface area contributed by atoms with Crippen molar-refractivity contribution < 1.29 is 14.3 Å². The lowest BCUT2D eigenvalue weighted by Crippen LogP contribution is -2.08. The summed E-state index contributed by atoms with van der Waals surface area (Å²) in [6.07, 6.45) is 1.57. The number of rotatable bonds is 5. The van der Waals surface area contributed by atoms with Crippen LogP contribution in [0.25, 0.3) is 5.65 Å². The molecule has 2 heterocycles. The van der Waals surface area contributed by atoms with Gasteiger partial charge < -0.3 is 9.47 Å². The molecule has 0 saturated carbocycles. The van der Waals surface area contributed by atoms with Crippen molar-refractivity contribution in [3.63, 3.8) is 0 Å². The van der Waals surface area contributed by atoms with Crippen LogP contribution < -0.4 is 0 Å². The van der Waals surface area contributed by atoms with Crippen molar-refractivity contribution >= 4 is 11.6 Å². The van der Waals surface area contributed by atoms with Gasteiger partial charge in [0.2, 0.25) is 0 Å². The first kappa shape index (κ1) is 12.5. The number of esters is 1. The second-order valence-corrected chi connectivity index (χ2v) is 3.80. The summed E-state index contributed by atoms with van der Waals surface area (Å²) >= 11 is 0. The Morgan fingerprint density at radius 2 is 2.22 bits per heavy atom. The number of nitrogens with zero attached hydrogens (tertiary/aromatic N) is 3. The minimum absolute atomic E-state index is 0.375. The highest BCUT2D eigenvalue weighted by molar-refractivity contribution is 5.88. The molecule has 96 valence electrons. The number of carbonyl (C=O) groups is 1. The van der Waals surface area contributed by atoms with Crippen molar-refractivity contribution in [2.45, 2.75) is 12.8 Å². The fourth-order valence-corrected chi connectivity index (χ4v) is 1.69. The van der Waals surface area contributed by atoms with E-state index < -0.39 is 5.97 Å². The van der Waals surface area contributed by atoms with Gasteiger partial charge in [-0.05, 0) is 18.6 Å². The van der Waals surface area contributed by atoms with Crippen molar-refractivity contribution in [2.24, 2.45) is 0 Å². The molecule has 2 aromatic heterocycles. The van der Waals surface area contributed by atoms with Crippen LogP contribution in [0.3, 0.4) is 0 Å². The number of aryl methyl sites for hydroxylation is 1. The molecule has 18 heavy (non-hydrogen) atoms. The molecule has 0 fully saturated rings. The zero-order chi connectivity index (χ0) is 13.0. The number of pyridine rings is 1. The summed E-state index contributed by atoms with van der Waals surface area (Å²) < 4.78 is 11.2. The molecule has 0 atom stereocenters. The molecule has 6 nitrogen and oxygen atoms in total. The summed E-state index contributed by atoms with van der Waals surface area (Å²) in [5.41, 5.74) is 1.02. The minimum Gasteiger partial charge on any atom is -0.464 e. The predicted octanol–water partition coefficient (Wildman–Crippen LogP) is 1.09. The van der Waals surface area contributed by atoms with Gasteiger partial charge in [0.05, 0.1) is 7.11 Å². The number of hydrogen-bond donors (Lipinski definition) is 0. The third-order valence-corrected chi connectivity index (χ3v) is 2.55. The van der Waals surface area contributed by atoms with Gasteiger partial charge in [0.1, 0.15) is 0 Å². The van der Waals surface area contributed by atoms with Crippen molar-refractivity contribution in [1.29, 1.82) is 0 Å². The lowest BCUT2D eigenvalue weighted by atomic mass is 10.3. The van der Waals surface area contributed by atoms with E-state index in [4.69, 9.17) is 9.47 Å². The zero-order valence-electron chi connectivity index (χ0n) is 10.4. The van der Waals surface area contributed by atoms with E-state index in [1.807, 2.05) is 0 Å². The standard InChI is InChI=1S/C12H15N3O3/c1-17-8-4-6-10-13-11-7-3-5-9(12(16)18-2)15(11)14-10/h3,5,7H,4,6,8H2,1-2H3. The first-order valence-corrected chi connectivity index (χ1v) is 5.68. The van der Waals surface area contributed by atoms with E-state index >= 15 is 0 Å². The third-order valence-electron chi connectivity index (χ3n) is 2.55. The SMILES string of the molecule is COCCCc1nc2cccc(C(=O)OC)n2n1. The second-order valence-electron chi connectivity index (χ2n) is 3.80. The summed E-state index contributed by atoms with van der Waals surface area (Å²) in [7, 11) is 3.00. The molecular weight excluding hydrogens is 234 g/mol. The molecule has 0 bridgehead atoms. The lowest BCUT2D eigenvalue weighted by molar-refractivity contribution is 0.0591. The normalized spacial score (nSPS) is 10.8. The molecule has 0 unspecified atom stereocenters. The van der Waals surface area contributed by atoms with Crippen LogP contribution in [-0.4, -0.2) is 41.4 Å². The number of carbonyl (C=O) groups excluding carboxylic acids is 1. The molecule has 0 radical (unpaired) electrons. The van der Waals surface area contributed by atoms with Crippen molar-refractivity contribution in [2.75, 3.05) is 20.8 Å². The molecule has 0 aromatic carbocycles. The van der Waals surface area contributed by atoms with Gasteiger partial charge in [-0.3, -0.25) is 0 Å². The van der Waals surface area contributed by atoms with E-state index in [1.54, 1.807) is 25.3 Å². The predicted molar refractivity (Wildman–Crippen MR) is 64.5 cm³/mol. The molecule has 0 aliphatic heterocycles. The van der Waals surface area contributed by atoms with Gasteiger partial charge in [-0.2, -0.15) is 5.10 Å². The molecule has 0 N–H and O–H groups in total. The fraction of sp³-hybridized carbons (Fsp3) is 0.417. The summed E-state index contributed by atoms with van der Waals surface area (Å²) in [4.78, 5) is 15.9. The monoisotopic (exact) mass is 249 g/mol. The molecule has 0 amide bonds. The Morgan fingerprint density at radius 1 is 1.39 bits per heavy atom. The van der Waals surface area contributed by atoms with E-state index in [0.29, 0.717) is 23.8 Å². The molecule has 0 aliphatic carbocycles. The lowest BCUT2D eigenvalue weighted by Gasteiger charge is -2.00. The van der Waals surface area contributed by atoms with Crippen LogP contribution in [0.2, 0.25) is 0 Å². The number of fused-ring (bicyclic) bond motifs is 1. The molecular formula is C12H15N3O3. The van der Waals surface area contributed by atoms with Gasteiger partial charge in [0.25, 0.3) is 0 Å². The topological polar surface area (TPSA) is 65.7 Å². The summed E-state index contributed by atoms with van der Waals surface area (Å²) in [6, 6.07) is 5.22. The second kappa shape index (κ2) is 5.59. The van der Waals surface area contributed by atoms with Crippen molar-refractivity contribution in [3.05, 3.63) is 29.7 Å². The van der Waals surface area contributed by atoms with Crippen molar-refractivity contribution in [3.8, 4) is 0 Å². The number of methoxy groups -OCH3 is 2. The quantitative estimate of drug-likeness (QED) is 0.586. The summed E-state index contributed by atoms with van der Waals surface area (Å²) in [5.74, 6) is 0.275. The highest BCUT2D eigenvalue weighted by Crippen LogP contribution is 2.08. The van der Waals surface area contributed by atoms with Gasteiger partial charge in [-0.25, -0.2) is 14.3 Å². The molecule has 0 saturated heterocycles. The molecule has 6 heteroatoms. The smallest absolute Gasteiger partial charge is 0.356 e. The fourth-order valence-electron chi connectivity index (χ4n) is 1.69. The molecule has 2 aromatic rings. The van der Waals surface area contributed by atoms with Crippen LogP contribution in [0.1, 0.15) is 22.7 Å². The number of ether oxygens (including phenoxy) is 2. The van der Waals surface area contributed by atoms with Gasteiger partial charge in [-0.1, -0.05) is 6.07 Å². The minimum atomic E-state index is -0.422. The highest BCUT2D eigenvalue weighted by atomic mass is 16.5. The maximum absolute atomic E-state index is 11.6. The zero-order valence-corrected chi connectivity index (χ0v) is 10.4. The van der Waals surface area contributed by atoms with E-state index in [9.17, 15) is 4.79 Å². The van der Waals surface area contributed by atoms with Crippen LogP contribution in [-0.2, 0) is 15.9 Å². The Labute approximate surface area is 105 Å². The van der Waals surface area contributed by atoms with Crippen LogP contribution in [0.4, 0.5) is 0 Å². The Bertz CT molecular complexity index is 550. The highest BCUT2D eigenvalue weighted by Gasteiger charge is 2.13. The number of aromatic nitrogens is 3. The van der Waals surface area contributed by atoms with E-state index in [-0.39, 0.29) is 0 Å². The molecule has 0 aliphatic rings. The Balaban J connectivity index is 2.29. The van der Waals surface area contributed by atoms with E-state index in [1.165, 1.54) is 11.6 Å². The van der Waals surface area contributed by atoms with Crippen LogP contribution >= 0.6 is 0 Å². The summed E-state index contributed by atoms with van der Waals surface area (Å²) in [6.45, 7) is 0.666.